The number of ether oxygens (including phenoxy) is 1. The number of thiophene rings is 1. The van der Waals surface area contributed by atoms with E-state index in [1.165, 1.54) is 18.2 Å². The molecule has 1 aliphatic rings. The SMILES string of the molecule is CC1(C)COCCN1C(=O)c1cc(C(N)=O)c(NC(=O)c2ccccc2C(F)(F)F)s1. The molecule has 1 aromatic carbocycles. The second-order valence-corrected chi connectivity index (χ2v) is 8.59. The van der Waals surface area contributed by atoms with Crippen LogP contribution in [0, 0.1) is 0 Å². The van der Waals surface area contributed by atoms with Crippen LogP contribution in [0.5, 0.6) is 0 Å². The molecule has 0 unspecified atom stereocenters. The van der Waals surface area contributed by atoms with Crippen LogP contribution in [-0.2, 0) is 10.9 Å². The monoisotopic (exact) mass is 455 g/mol. The van der Waals surface area contributed by atoms with Crippen molar-refractivity contribution < 1.29 is 32.3 Å². The van der Waals surface area contributed by atoms with Crippen LogP contribution in [0.1, 0.15) is 49.8 Å². The largest absolute Gasteiger partial charge is 0.417 e. The topological polar surface area (TPSA) is 102 Å². The Morgan fingerprint density at radius 1 is 1.19 bits per heavy atom. The van der Waals surface area contributed by atoms with Gasteiger partial charge >= 0.3 is 6.18 Å². The number of rotatable bonds is 4. The van der Waals surface area contributed by atoms with Crippen molar-refractivity contribution in [3.63, 3.8) is 0 Å². The normalized spacial score (nSPS) is 16.1. The number of nitrogens with one attached hydrogen (secondary N) is 1. The number of hydrogen-bond donors (Lipinski definition) is 2. The van der Waals surface area contributed by atoms with E-state index < -0.39 is 40.6 Å². The van der Waals surface area contributed by atoms with Crippen molar-refractivity contribution in [3.05, 3.63) is 51.9 Å². The third-order valence-corrected chi connectivity index (χ3v) is 5.84. The van der Waals surface area contributed by atoms with Crippen molar-refractivity contribution in [2.75, 3.05) is 25.1 Å². The van der Waals surface area contributed by atoms with Crippen LogP contribution in [0.15, 0.2) is 30.3 Å². The Hall–Kier alpha value is -2.92. The number of hydrogen-bond acceptors (Lipinski definition) is 5. The zero-order valence-corrected chi connectivity index (χ0v) is 17.5. The summed E-state index contributed by atoms with van der Waals surface area (Å²) in [5.41, 5.74) is 2.89. The number of nitrogens with zero attached hydrogens (tertiary/aromatic N) is 1. The number of halogens is 3. The van der Waals surface area contributed by atoms with Gasteiger partial charge in [-0.2, -0.15) is 13.2 Å². The van der Waals surface area contributed by atoms with Gasteiger partial charge in [-0.05, 0) is 32.0 Å². The van der Waals surface area contributed by atoms with Gasteiger partial charge in [0, 0.05) is 6.54 Å². The molecule has 11 heteroatoms. The molecule has 1 fully saturated rings. The summed E-state index contributed by atoms with van der Waals surface area (Å²) < 4.78 is 45.1. The minimum absolute atomic E-state index is 0.0936. The Bertz CT molecular complexity index is 1030. The van der Waals surface area contributed by atoms with Crippen LogP contribution >= 0.6 is 11.3 Å². The summed E-state index contributed by atoms with van der Waals surface area (Å²) in [7, 11) is 0. The van der Waals surface area contributed by atoms with E-state index in [9.17, 15) is 27.6 Å². The number of nitrogens with two attached hydrogens (primary N) is 1. The maximum atomic E-state index is 13.2. The van der Waals surface area contributed by atoms with Crippen LogP contribution in [0.25, 0.3) is 0 Å². The predicted octanol–water partition coefficient (Wildman–Crippen LogP) is 3.37. The van der Waals surface area contributed by atoms with Gasteiger partial charge in [-0.1, -0.05) is 12.1 Å². The van der Waals surface area contributed by atoms with Crippen LogP contribution in [-0.4, -0.2) is 47.9 Å². The van der Waals surface area contributed by atoms with E-state index >= 15 is 0 Å². The summed E-state index contributed by atoms with van der Waals surface area (Å²) in [4.78, 5) is 39.2. The standard InChI is InChI=1S/C20H20F3N3O4S/c1-19(2)10-30-8-7-26(19)18(29)14-9-12(15(24)27)17(31-14)25-16(28)11-5-3-4-6-13(11)20(21,22)23/h3-6,9H,7-8,10H2,1-2H3,(H2,24,27)(H,25,28). The van der Waals surface area contributed by atoms with E-state index in [0.29, 0.717) is 19.8 Å². The molecule has 0 radical (unpaired) electrons. The summed E-state index contributed by atoms with van der Waals surface area (Å²) in [5, 5.41) is 2.21. The Morgan fingerprint density at radius 2 is 1.87 bits per heavy atom. The van der Waals surface area contributed by atoms with Crippen LogP contribution < -0.4 is 11.1 Å². The summed E-state index contributed by atoms with van der Waals surface area (Å²) in [6.07, 6.45) is -4.74. The van der Waals surface area contributed by atoms with E-state index in [4.69, 9.17) is 10.5 Å². The Balaban J connectivity index is 1.93. The highest BCUT2D eigenvalue weighted by Crippen LogP contribution is 2.34. The minimum atomic E-state index is -4.74. The molecular formula is C20H20F3N3O4S. The molecule has 1 saturated heterocycles. The van der Waals surface area contributed by atoms with Crippen molar-refractivity contribution in [1.29, 1.82) is 0 Å². The number of carbonyl (C=O) groups excluding carboxylic acids is 3. The lowest BCUT2D eigenvalue weighted by molar-refractivity contribution is -0.137. The maximum absolute atomic E-state index is 13.2. The van der Waals surface area contributed by atoms with E-state index in [0.717, 1.165) is 23.5 Å². The lowest BCUT2D eigenvalue weighted by atomic mass is 10.0. The Labute approximate surface area is 180 Å². The molecule has 2 heterocycles. The highest BCUT2D eigenvalue weighted by atomic mass is 32.1. The van der Waals surface area contributed by atoms with Gasteiger partial charge in [0.05, 0.1) is 40.3 Å². The zero-order valence-electron chi connectivity index (χ0n) is 16.7. The lowest BCUT2D eigenvalue weighted by Gasteiger charge is -2.41. The summed E-state index contributed by atoms with van der Waals surface area (Å²) in [6.45, 7) is 4.65. The summed E-state index contributed by atoms with van der Waals surface area (Å²) in [5.74, 6) is -2.38. The molecule has 0 saturated carbocycles. The molecule has 7 nitrogen and oxygen atoms in total. The van der Waals surface area contributed by atoms with Gasteiger partial charge in [-0.15, -0.1) is 11.3 Å². The average molecular weight is 455 g/mol. The molecular weight excluding hydrogens is 435 g/mol. The molecule has 3 amide bonds. The number of amides is 3. The minimum Gasteiger partial charge on any atom is -0.377 e. The zero-order chi connectivity index (χ0) is 23.0. The summed E-state index contributed by atoms with van der Waals surface area (Å²) >= 11 is 0.781. The first-order valence-electron chi connectivity index (χ1n) is 9.23. The van der Waals surface area contributed by atoms with Crippen LogP contribution in [0.4, 0.5) is 18.2 Å². The van der Waals surface area contributed by atoms with Crippen molar-refractivity contribution >= 4 is 34.1 Å². The predicted molar refractivity (Wildman–Crippen MR) is 108 cm³/mol. The summed E-state index contributed by atoms with van der Waals surface area (Å²) in [6, 6.07) is 5.52. The molecule has 3 N–H and O–H groups in total. The average Bonchev–Trinajstić information content (AvgIpc) is 3.10. The molecule has 166 valence electrons. The number of carbonyl (C=O) groups is 3. The van der Waals surface area contributed by atoms with Gasteiger partial charge in [-0.25, -0.2) is 0 Å². The van der Waals surface area contributed by atoms with Crippen LogP contribution in [0.2, 0.25) is 0 Å². The molecule has 0 aliphatic carbocycles. The van der Waals surface area contributed by atoms with E-state index in [-0.39, 0.29) is 15.4 Å². The molecule has 0 spiro atoms. The first-order chi connectivity index (χ1) is 14.4. The second-order valence-electron chi connectivity index (χ2n) is 7.54. The van der Waals surface area contributed by atoms with Gasteiger partial charge in [-0.3, -0.25) is 14.4 Å². The molecule has 0 atom stereocenters. The number of benzene rings is 1. The first kappa shape index (κ1) is 22.8. The molecule has 3 rings (SSSR count). The van der Waals surface area contributed by atoms with Gasteiger partial charge in [0.25, 0.3) is 17.7 Å². The smallest absolute Gasteiger partial charge is 0.377 e. The molecule has 31 heavy (non-hydrogen) atoms. The van der Waals surface area contributed by atoms with Crippen LogP contribution in [0.3, 0.4) is 0 Å². The molecule has 2 aromatic rings. The maximum Gasteiger partial charge on any atom is 0.417 e. The van der Waals surface area contributed by atoms with Gasteiger partial charge in [0.15, 0.2) is 0 Å². The van der Waals surface area contributed by atoms with Gasteiger partial charge in [0.1, 0.15) is 5.00 Å². The van der Waals surface area contributed by atoms with E-state index in [1.807, 2.05) is 13.8 Å². The van der Waals surface area contributed by atoms with E-state index in [1.54, 1.807) is 4.90 Å². The fourth-order valence-electron chi connectivity index (χ4n) is 3.24. The Kier molecular flexibility index (Phi) is 6.10. The number of primary amides is 1. The molecule has 1 aliphatic heterocycles. The second kappa shape index (κ2) is 8.31. The third kappa shape index (κ3) is 4.72. The number of anilines is 1. The molecule has 0 bridgehead atoms. The van der Waals surface area contributed by atoms with Crippen molar-refractivity contribution in [2.45, 2.75) is 25.6 Å². The fourth-order valence-corrected chi connectivity index (χ4v) is 4.25. The van der Waals surface area contributed by atoms with Gasteiger partial charge in [0.2, 0.25) is 0 Å². The van der Waals surface area contributed by atoms with E-state index in [2.05, 4.69) is 5.32 Å². The van der Waals surface area contributed by atoms with Crippen molar-refractivity contribution in [1.82, 2.24) is 4.90 Å². The third-order valence-electron chi connectivity index (χ3n) is 4.80. The first-order valence-corrected chi connectivity index (χ1v) is 10.0. The molecule has 1 aromatic heterocycles. The lowest BCUT2D eigenvalue weighted by Crippen LogP contribution is -2.55. The van der Waals surface area contributed by atoms with Crippen molar-refractivity contribution in [3.8, 4) is 0 Å². The fraction of sp³-hybridized carbons (Fsp3) is 0.350. The highest BCUT2D eigenvalue weighted by Gasteiger charge is 2.37. The Morgan fingerprint density at radius 3 is 2.48 bits per heavy atom. The van der Waals surface area contributed by atoms with Gasteiger partial charge < -0.3 is 20.7 Å². The number of alkyl halides is 3. The quantitative estimate of drug-likeness (QED) is 0.738. The van der Waals surface area contributed by atoms with Crippen molar-refractivity contribution in [2.24, 2.45) is 5.73 Å². The number of morpholine rings is 1. The highest BCUT2D eigenvalue weighted by molar-refractivity contribution is 7.18.